The summed E-state index contributed by atoms with van der Waals surface area (Å²) in [6.07, 6.45) is 5.77. The zero-order chi connectivity index (χ0) is 5.54. The first-order valence-electron chi connectivity index (χ1n) is 2.68. The summed E-state index contributed by atoms with van der Waals surface area (Å²) in [6, 6.07) is 0. The first kappa shape index (κ1) is 11.4. The molecule has 0 aliphatic rings. The van der Waals surface area contributed by atoms with Crippen molar-refractivity contribution < 1.29 is 34.7 Å². The van der Waals surface area contributed by atoms with Crippen molar-refractivity contribution in [1.29, 1.82) is 0 Å². The van der Waals surface area contributed by atoms with E-state index < -0.39 is 0 Å². The molecule has 0 aromatic carbocycles. The van der Waals surface area contributed by atoms with Crippen LogP contribution in [0.5, 0.6) is 0 Å². The summed E-state index contributed by atoms with van der Waals surface area (Å²) in [5, 5.41) is 9.62. The maximum absolute atomic E-state index is 9.62. The summed E-state index contributed by atoms with van der Waals surface area (Å²) in [4.78, 5) is 0. The molecular formula is C6H11NaO. The molecule has 0 saturated carbocycles. The second kappa shape index (κ2) is 10.5. The molecule has 0 fully saturated rings. The standard InChI is InChI=1S/C6H12O.Na/c1-2-3-4-5-6-7;/h5-7H,2-4H2,1H3;/q;+1/p-1. The zero-order valence-electron chi connectivity index (χ0n) is 5.68. The molecule has 0 aromatic heterocycles. The molecule has 0 spiro atoms. The Balaban J connectivity index is 0. The second-order valence-corrected chi connectivity index (χ2v) is 1.51. The molecule has 0 saturated heterocycles. The maximum Gasteiger partial charge on any atom is 1.00 e. The van der Waals surface area contributed by atoms with E-state index in [1.54, 1.807) is 6.08 Å². The number of allylic oxidation sites excluding steroid dienone is 1. The minimum atomic E-state index is 0. The normalized spacial score (nSPS) is 9.12. The topological polar surface area (TPSA) is 23.1 Å². The van der Waals surface area contributed by atoms with Crippen molar-refractivity contribution in [2.75, 3.05) is 0 Å². The third-order valence-electron chi connectivity index (χ3n) is 0.821. The van der Waals surface area contributed by atoms with Crippen molar-refractivity contribution in [2.24, 2.45) is 0 Å². The van der Waals surface area contributed by atoms with E-state index in [2.05, 4.69) is 6.92 Å². The summed E-state index contributed by atoms with van der Waals surface area (Å²) >= 11 is 0. The first-order chi connectivity index (χ1) is 3.41. The number of unbranched alkanes of at least 4 members (excludes halogenated alkanes) is 2. The van der Waals surface area contributed by atoms with Crippen LogP contribution in [0.25, 0.3) is 0 Å². The van der Waals surface area contributed by atoms with Gasteiger partial charge in [-0.3, -0.25) is 0 Å². The van der Waals surface area contributed by atoms with E-state index in [9.17, 15) is 5.11 Å². The monoisotopic (exact) mass is 122 g/mol. The molecular weight excluding hydrogens is 111 g/mol. The molecule has 0 atom stereocenters. The average molecular weight is 122 g/mol. The first-order valence-corrected chi connectivity index (χ1v) is 2.68. The van der Waals surface area contributed by atoms with Gasteiger partial charge in [0.05, 0.1) is 0 Å². The van der Waals surface area contributed by atoms with Crippen molar-refractivity contribution >= 4 is 0 Å². The third-order valence-corrected chi connectivity index (χ3v) is 0.821. The molecule has 0 radical (unpaired) electrons. The van der Waals surface area contributed by atoms with Crippen LogP contribution >= 0.6 is 0 Å². The smallest absolute Gasteiger partial charge is 0.878 e. The van der Waals surface area contributed by atoms with Gasteiger partial charge in [-0.25, -0.2) is 0 Å². The summed E-state index contributed by atoms with van der Waals surface area (Å²) in [5.74, 6) is 0. The van der Waals surface area contributed by atoms with Gasteiger partial charge in [-0.05, 0) is 6.42 Å². The minimum absolute atomic E-state index is 0. The molecule has 0 bridgehead atoms. The van der Waals surface area contributed by atoms with Crippen LogP contribution in [-0.4, -0.2) is 0 Å². The summed E-state index contributed by atoms with van der Waals surface area (Å²) in [7, 11) is 0. The van der Waals surface area contributed by atoms with Gasteiger partial charge in [-0.2, -0.15) is 6.26 Å². The molecule has 0 N–H and O–H groups in total. The number of hydrogen-bond acceptors (Lipinski definition) is 1. The molecule has 0 aromatic rings. The Morgan fingerprint density at radius 1 is 1.50 bits per heavy atom. The van der Waals surface area contributed by atoms with Crippen LogP contribution in [-0.2, 0) is 0 Å². The Hall–Kier alpha value is 0.540. The van der Waals surface area contributed by atoms with Crippen LogP contribution in [0.15, 0.2) is 12.3 Å². The molecule has 0 aliphatic carbocycles. The predicted molar refractivity (Wildman–Crippen MR) is 28.7 cm³/mol. The van der Waals surface area contributed by atoms with Crippen molar-refractivity contribution in [1.82, 2.24) is 0 Å². The van der Waals surface area contributed by atoms with Gasteiger partial charge >= 0.3 is 29.6 Å². The molecule has 0 heterocycles. The molecule has 0 amide bonds. The van der Waals surface area contributed by atoms with E-state index in [4.69, 9.17) is 0 Å². The minimum Gasteiger partial charge on any atom is -0.878 e. The number of rotatable bonds is 3. The van der Waals surface area contributed by atoms with Crippen molar-refractivity contribution in [3.63, 3.8) is 0 Å². The van der Waals surface area contributed by atoms with Crippen LogP contribution < -0.4 is 34.7 Å². The molecule has 0 aliphatic heterocycles. The third kappa shape index (κ3) is 9.74. The second-order valence-electron chi connectivity index (χ2n) is 1.51. The van der Waals surface area contributed by atoms with E-state index >= 15 is 0 Å². The van der Waals surface area contributed by atoms with Crippen LogP contribution in [0.2, 0.25) is 0 Å². The zero-order valence-corrected chi connectivity index (χ0v) is 7.68. The average Bonchev–Trinajstić information content (AvgIpc) is 1.69. The maximum atomic E-state index is 9.62. The fourth-order valence-electron chi connectivity index (χ4n) is 0.390. The van der Waals surface area contributed by atoms with Gasteiger partial charge in [0.15, 0.2) is 0 Å². The molecule has 0 rings (SSSR count). The summed E-state index contributed by atoms with van der Waals surface area (Å²) < 4.78 is 0. The SMILES string of the molecule is CCCCC=C[O-].[Na+]. The van der Waals surface area contributed by atoms with Crippen LogP contribution in [0.3, 0.4) is 0 Å². The van der Waals surface area contributed by atoms with Crippen LogP contribution in [0, 0.1) is 0 Å². The van der Waals surface area contributed by atoms with Crippen LogP contribution in [0.4, 0.5) is 0 Å². The van der Waals surface area contributed by atoms with E-state index in [0.29, 0.717) is 0 Å². The fraction of sp³-hybridized carbons (Fsp3) is 0.667. The Morgan fingerprint density at radius 3 is 2.50 bits per heavy atom. The van der Waals surface area contributed by atoms with Gasteiger partial charge < -0.3 is 5.11 Å². The fourth-order valence-corrected chi connectivity index (χ4v) is 0.390. The molecule has 0 unspecified atom stereocenters. The predicted octanol–water partition coefficient (Wildman–Crippen LogP) is -1.95. The van der Waals surface area contributed by atoms with Gasteiger partial charge in [0.1, 0.15) is 0 Å². The van der Waals surface area contributed by atoms with Gasteiger partial charge in [-0.15, -0.1) is 0 Å². The van der Waals surface area contributed by atoms with E-state index in [-0.39, 0.29) is 29.6 Å². The van der Waals surface area contributed by atoms with E-state index in [0.717, 1.165) is 19.1 Å². The van der Waals surface area contributed by atoms with E-state index in [1.807, 2.05) is 0 Å². The van der Waals surface area contributed by atoms with Crippen molar-refractivity contribution in [3.05, 3.63) is 12.3 Å². The molecule has 42 valence electrons. The van der Waals surface area contributed by atoms with Crippen LogP contribution in [0.1, 0.15) is 26.2 Å². The molecule has 1 nitrogen and oxygen atoms in total. The van der Waals surface area contributed by atoms with Gasteiger partial charge in [-0.1, -0.05) is 25.8 Å². The summed E-state index contributed by atoms with van der Waals surface area (Å²) in [6.45, 7) is 2.11. The van der Waals surface area contributed by atoms with E-state index in [1.165, 1.54) is 6.42 Å². The Kier molecular flexibility index (Phi) is 14.9. The number of hydrogen-bond donors (Lipinski definition) is 0. The Labute approximate surface area is 73.1 Å². The van der Waals surface area contributed by atoms with Gasteiger partial charge in [0, 0.05) is 0 Å². The Morgan fingerprint density at radius 2 is 2.12 bits per heavy atom. The van der Waals surface area contributed by atoms with Gasteiger partial charge in [0.25, 0.3) is 0 Å². The largest absolute Gasteiger partial charge is 1.00 e. The molecule has 8 heavy (non-hydrogen) atoms. The van der Waals surface area contributed by atoms with Crippen molar-refractivity contribution in [2.45, 2.75) is 26.2 Å². The van der Waals surface area contributed by atoms with Gasteiger partial charge in [0.2, 0.25) is 0 Å². The molecule has 2 heteroatoms. The Bertz CT molecular complexity index is 52.5. The quantitative estimate of drug-likeness (QED) is 0.242. The summed E-state index contributed by atoms with van der Waals surface area (Å²) in [5.41, 5.74) is 0. The van der Waals surface area contributed by atoms with Crippen molar-refractivity contribution in [3.8, 4) is 0 Å².